The molecule has 1 heterocycles. The first-order valence-corrected chi connectivity index (χ1v) is 5.02. The molecule has 0 aromatic heterocycles. The van der Waals surface area contributed by atoms with Crippen LogP contribution in [0.2, 0.25) is 0 Å². The summed E-state index contributed by atoms with van der Waals surface area (Å²) in [4.78, 5) is 23.1. The van der Waals surface area contributed by atoms with Gasteiger partial charge in [0.25, 0.3) is 0 Å². The Morgan fingerprint density at radius 3 is 2.60 bits per heavy atom. The fourth-order valence-electron chi connectivity index (χ4n) is 1.82. The van der Waals surface area contributed by atoms with E-state index in [1.165, 1.54) is 11.8 Å². The number of hydrogen-bond donors (Lipinski definition) is 0. The normalized spacial score (nSPS) is 25.7. The van der Waals surface area contributed by atoms with Gasteiger partial charge in [0.05, 0.1) is 12.5 Å². The molecule has 0 saturated carbocycles. The molecular weight excluding hydrogens is 196 g/mol. The van der Waals surface area contributed by atoms with E-state index in [0.717, 1.165) is 0 Å². The Balaban J connectivity index is 2.87. The highest BCUT2D eigenvalue weighted by Crippen LogP contribution is 2.24. The van der Waals surface area contributed by atoms with Crippen LogP contribution < -0.4 is 0 Å². The maximum Gasteiger partial charge on any atom is 0.237 e. The highest BCUT2D eigenvalue weighted by Gasteiger charge is 2.36. The Morgan fingerprint density at radius 1 is 1.60 bits per heavy atom. The molecule has 1 aliphatic rings. The Morgan fingerprint density at radius 2 is 2.20 bits per heavy atom. The highest BCUT2D eigenvalue weighted by atomic mass is 16.6. The van der Waals surface area contributed by atoms with Crippen molar-refractivity contribution in [2.24, 2.45) is 11.8 Å². The summed E-state index contributed by atoms with van der Waals surface area (Å²) >= 11 is 0. The maximum absolute atomic E-state index is 11.1. The van der Waals surface area contributed by atoms with E-state index in [1.807, 2.05) is 13.8 Å². The predicted molar refractivity (Wildman–Crippen MR) is 55.6 cm³/mol. The Labute approximate surface area is 88.9 Å². The van der Waals surface area contributed by atoms with Gasteiger partial charge in [0.2, 0.25) is 11.9 Å². The van der Waals surface area contributed by atoms with Gasteiger partial charge < -0.3 is 4.90 Å². The van der Waals surface area contributed by atoms with Gasteiger partial charge in [-0.1, -0.05) is 19.9 Å². The van der Waals surface area contributed by atoms with Gasteiger partial charge in [0.15, 0.2) is 0 Å². The number of rotatable bonds is 2. The first-order chi connectivity index (χ1) is 6.93. The number of nitrogens with zero attached hydrogens (tertiary/aromatic N) is 2. The zero-order valence-electron chi connectivity index (χ0n) is 9.21. The maximum atomic E-state index is 11.1. The zero-order valence-corrected chi connectivity index (χ0v) is 9.21. The molecule has 15 heavy (non-hydrogen) atoms. The van der Waals surface area contributed by atoms with Gasteiger partial charge in [-0.15, -0.1) is 0 Å². The van der Waals surface area contributed by atoms with E-state index in [-0.39, 0.29) is 29.2 Å². The third kappa shape index (κ3) is 2.55. The lowest BCUT2D eigenvalue weighted by Crippen LogP contribution is -2.45. The summed E-state index contributed by atoms with van der Waals surface area (Å²) in [5.41, 5.74) is 0. The van der Waals surface area contributed by atoms with E-state index in [2.05, 4.69) is 0 Å². The summed E-state index contributed by atoms with van der Waals surface area (Å²) in [6.07, 6.45) is 3.43. The van der Waals surface area contributed by atoms with E-state index in [9.17, 15) is 14.9 Å². The molecule has 84 valence electrons. The number of carbonyl (C=O) groups is 1. The van der Waals surface area contributed by atoms with Crippen LogP contribution in [0.1, 0.15) is 20.8 Å². The van der Waals surface area contributed by atoms with Crippen LogP contribution in [0.5, 0.6) is 0 Å². The van der Waals surface area contributed by atoms with Crippen LogP contribution in [0.25, 0.3) is 0 Å². The second-order valence-electron chi connectivity index (χ2n) is 4.19. The molecule has 0 fully saturated rings. The smallest absolute Gasteiger partial charge is 0.237 e. The van der Waals surface area contributed by atoms with Crippen molar-refractivity contribution in [3.05, 3.63) is 22.4 Å². The minimum atomic E-state index is -0.682. The molecule has 0 unspecified atom stereocenters. The molecule has 0 aromatic carbocycles. The number of nitro groups is 1. The average molecular weight is 212 g/mol. The van der Waals surface area contributed by atoms with Gasteiger partial charge in [-0.3, -0.25) is 14.9 Å². The molecule has 0 spiro atoms. The Bertz CT molecular complexity index is 299. The minimum absolute atomic E-state index is 0.0874. The van der Waals surface area contributed by atoms with Gasteiger partial charge in [-0.25, -0.2) is 0 Å². The first-order valence-electron chi connectivity index (χ1n) is 5.02. The van der Waals surface area contributed by atoms with Crippen molar-refractivity contribution in [1.82, 2.24) is 4.90 Å². The molecule has 1 amide bonds. The summed E-state index contributed by atoms with van der Waals surface area (Å²) in [5, 5.41) is 10.9. The van der Waals surface area contributed by atoms with Crippen LogP contribution in [0.4, 0.5) is 0 Å². The molecule has 0 aromatic rings. The Kier molecular flexibility index (Phi) is 3.44. The van der Waals surface area contributed by atoms with Crippen molar-refractivity contribution < 1.29 is 9.72 Å². The molecule has 0 N–H and O–H groups in total. The second-order valence-corrected chi connectivity index (χ2v) is 4.19. The summed E-state index contributed by atoms with van der Waals surface area (Å²) < 4.78 is 0. The van der Waals surface area contributed by atoms with Crippen LogP contribution in [0.15, 0.2) is 12.3 Å². The van der Waals surface area contributed by atoms with Crippen molar-refractivity contribution in [2.45, 2.75) is 26.8 Å². The van der Waals surface area contributed by atoms with Crippen molar-refractivity contribution >= 4 is 5.91 Å². The fraction of sp³-hybridized carbons (Fsp3) is 0.700. The van der Waals surface area contributed by atoms with E-state index in [4.69, 9.17) is 0 Å². The summed E-state index contributed by atoms with van der Waals surface area (Å²) in [5.74, 6) is -0.0262. The lowest BCUT2D eigenvalue weighted by molar-refractivity contribution is -0.531. The summed E-state index contributed by atoms with van der Waals surface area (Å²) in [6.45, 7) is 5.50. The van der Waals surface area contributed by atoms with Crippen LogP contribution in [-0.4, -0.2) is 28.3 Å². The third-order valence-electron chi connectivity index (χ3n) is 2.76. The van der Waals surface area contributed by atoms with E-state index >= 15 is 0 Å². The van der Waals surface area contributed by atoms with E-state index in [1.54, 1.807) is 12.3 Å². The molecule has 0 saturated heterocycles. The Hall–Kier alpha value is -1.39. The zero-order chi connectivity index (χ0) is 11.6. The van der Waals surface area contributed by atoms with Crippen LogP contribution >= 0.6 is 0 Å². The van der Waals surface area contributed by atoms with Crippen LogP contribution in [-0.2, 0) is 4.79 Å². The minimum Gasteiger partial charge on any atom is -0.313 e. The fourth-order valence-corrected chi connectivity index (χ4v) is 1.82. The quantitative estimate of drug-likeness (QED) is 0.511. The summed E-state index contributed by atoms with van der Waals surface area (Å²) in [7, 11) is 0. The molecule has 1 aliphatic heterocycles. The largest absolute Gasteiger partial charge is 0.313 e. The number of carbonyl (C=O) groups excluding carboxylic acids is 1. The van der Waals surface area contributed by atoms with Crippen LogP contribution in [0.3, 0.4) is 0 Å². The highest BCUT2D eigenvalue weighted by molar-refractivity contribution is 5.74. The molecule has 0 radical (unpaired) electrons. The molecule has 0 aliphatic carbocycles. The van der Waals surface area contributed by atoms with Gasteiger partial charge in [-0.05, 0) is 5.92 Å². The predicted octanol–water partition coefficient (Wildman–Crippen LogP) is 1.28. The van der Waals surface area contributed by atoms with Crippen molar-refractivity contribution in [3.8, 4) is 0 Å². The molecule has 1 rings (SSSR count). The van der Waals surface area contributed by atoms with Crippen molar-refractivity contribution in [3.63, 3.8) is 0 Å². The van der Waals surface area contributed by atoms with Gasteiger partial charge >= 0.3 is 0 Å². The first kappa shape index (κ1) is 11.7. The molecular formula is C10H16N2O3. The monoisotopic (exact) mass is 212 g/mol. The second kappa shape index (κ2) is 4.42. The molecule has 5 nitrogen and oxygen atoms in total. The van der Waals surface area contributed by atoms with Crippen molar-refractivity contribution in [1.29, 1.82) is 0 Å². The summed E-state index contributed by atoms with van der Waals surface area (Å²) in [6, 6.07) is -0.682. The van der Waals surface area contributed by atoms with Crippen LogP contribution in [0, 0.1) is 22.0 Å². The van der Waals surface area contributed by atoms with Crippen molar-refractivity contribution in [2.75, 3.05) is 6.54 Å². The lowest BCUT2D eigenvalue weighted by Gasteiger charge is -2.30. The molecule has 2 atom stereocenters. The molecule has 0 bridgehead atoms. The average Bonchev–Trinajstić information content (AvgIpc) is 2.16. The topological polar surface area (TPSA) is 63.5 Å². The van der Waals surface area contributed by atoms with E-state index in [0.29, 0.717) is 0 Å². The number of hydrogen-bond acceptors (Lipinski definition) is 3. The number of amides is 1. The lowest BCUT2D eigenvalue weighted by atomic mass is 9.86. The SMILES string of the molecule is CC(=O)N1C=C[C@@H](C(C)C)[C@H]([N+](=O)[O-])C1. The van der Waals surface area contributed by atoms with Gasteiger partial charge in [-0.2, -0.15) is 0 Å². The van der Waals surface area contributed by atoms with Gasteiger partial charge in [0, 0.05) is 18.0 Å². The third-order valence-corrected chi connectivity index (χ3v) is 2.76. The standard InChI is InChI=1S/C10H16N2O3/c1-7(2)9-4-5-11(8(3)13)6-10(9)12(14)15/h4-5,7,9-10H,6H2,1-3H3/t9-,10+/m0/s1. The van der Waals surface area contributed by atoms with Gasteiger partial charge in [0.1, 0.15) is 0 Å². The molecule has 5 heteroatoms. The van der Waals surface area contributed by atoms with E-state index < -0.39 is 6.04 Å².